The number of rotatable bonds is 6. The maximum Gasteiger partial charge on any atom is 0.255 e. The fourth-order valence-electron chi connectivity index (χ4n) is 2.63. The van der Waals surface area contributed by atoms with E-state index in [0.29, 0.717) is 25.3 Å². The topological polar surface area (TPSA) is 73.1 Å². The third kappa shape index (κ3) is 3.24. The molecule has 0 bridgehead atoms. The summed E-state index contributed by atoms with van der Waals surface area (Å²) in [7, 11) is 0. The summed E-state index contributed by atoms with van der Waals surface area (Å²) in [5, 5.41) is 8.29. The van der Waals surface area contributed by atoms with E-state index >= 15 is 0 Å². The number of hydrogen-bond acceptors (Lipinski definition) is 5. The van der Waals surface area contributed by atoms with E-state index in [1.165, 1.54) is 12.8 Å². The van der Waals surface area contributed by atoms with Crippen LogP contribution in [0.3, 0.4) is 0 Å². The molecule has 2 fully saturated rings. The molecular formula is C16H19N5O2. The second kappa shape index (κ2) is 6.08. The van der Waals surface area contributed by atoms with E-state index in [1.807, 2.05) is 10.9 Å². The Labute approximate surface area is 134 Å². The number of amides is 1. The molecule has 3 heterocycles. The molecule has 4 rings (SSSR count). The molecular weight excluding hydrogens is 294 g/mol. The molecule has 1 aliphatic carbocycles. The second-order valence-electron chi connectivity index (χ2n) is 6.25. The highest BCUT2D eigenvalue weighted by atomic mass is 16.5. The van der Waals surface area contributed by atoms with E-state index in [9.17, 15) is 4.79 Å². The molecule has 7 nitrogen and oxygen atoms in total. The minimum atomic E-state index is 0.0162. The largest absolute Gasteiger partial charge is 0.375 e. The van der Waals surface area contributed by atoms with Crippen LogP contribution in [0.5, 0.6) is 0 Å². The van der Waals surface area contributed by atoms with Crippen LogP contribution in [0.1, 0.15) is 34.9 Å². The summed E-state index contributed by atoms with van der Waals surface area (Å²) in [4.78, 5) is 18.0. The Morgan fingerprint density at radius 1 is 1.35 bits per heavy atom. The van der Waals surface area contributed by atoms with Crippen molar-refractivity contribution >= 4 is 5.91 Å². The van der Waals surface area contributed by atoms with E-state index in [-0.39, 0.29) is 11.9 Å². The number of pyridine rings is 1. The predicted octanol–water partition coefficient (Wildman–Crippen LogP) is 1.30. The van der Waals surface area contributed by atoms with Gasteiger partial charge in [0, 0.05) is 32.1 Å². The molecule has 2 aromatic heterocycles. The summed E-state index contributed by atoms with van der Waals surface area (Å²) in [6.07, 6.45) is 7.76. The van der Waals surface area contributed by atoms with Crippen LogP contribution in [0.2, 0.25) is 0 Å². The van der Waals surface area contributed by atoms with Crippen LogP contribution in [0, 0.1) is 5.92 Å². The molecule has 23 heavy (non-hydrogen) atoms. The van der Waals surface area contributed by atoms with Crippen LogP contribution < -0.4 is 0 Å². The molecule has 0 radical (unpaired) electrons. The van der Waals surface area contributed by atoms with Crippen LogP contribution >= 0.6 is 0 Å². The van der Waals surface area contributed by atoms with Crippen LogP contribution in [0.4, 0.5) is 0 Å². The Bertz CT molecular complexity index is 677. The monoisotopic (exact) mass is 313 g/mol. The van der Waals surface area contributed by atoms with Crippen molar-refractivity contribution in [2.75, 3.05) is 19.7 Å². The second-order valence-corrected chi connectivity index (χ2v) is 6.25. The molecule has 0 aromatic carbocycles. The van der Waals surface area contributed by atoms with Gasteiger partial charge in [-0.1, -0.05) is 5.21 Å². The number of nitrogens with zero attached hydrogens (tertiary/aromatic N) is 5. The zero-order chi connectivity index (χ0) is 15.6. The summed E-state index contributed by atoms with van der Waals surface area (Å²) in [6, 6.07) is 3.75. The first-order chi connectivity index (χ1) is 11.3. The van der Waals surface area contributed by atoms with Gasteiger partial charge in [0.25, 0.3) is 5.91 Å². The number of likely N-dealkylation sites (tertiary alicyclic amines) is 1. The molecule has 1 saturated carbocycles. The van der Waals surface area contributed by atoms with Crippen LogP contribution in [-0.4, -0.2) is 50.5 Å². The van der Waals surface area contributed by atoms with Gasteiger partial charge >= 0.3 is 0 Å². The van der Waals surface area contributed by atoms with E-state index in [4.69, 9.17) is 4.74 Å². The first kappa shape index (κ1) is 14.3. The lowest BCUT2D eigenvalue weighted by Gasteiger charge is -2.38. The molecule has 0 atom stereocenters. The molecule has 0 unspecified atom stereocenters. The standard InChI is InChI=1S/C16H19N5O2/c22-16(13-2-1-5-17-6-13)20-8-15(9-20)21-7-14(18-19-21)11-23-10-12-3-4-12/h1-2,5-7,12,15H,3-4,8-11H2. The van der Waals surface area contributed by atoms with Crippen molar-refractivity contribution in [3.8, 4) is 0 Å². The zero-order valence-corrected chi connectivity index (χ0v) is 12.8. The van der Waals surface area contributed by atoms with Gasteiger partial charge < -0.3 is 9.64 Å². The van der Waals surface area contributed by atoms with Gasteiger partial charge in [-0.25, -0.2) is 4.68 Å². The lowest BCUT2D eigenvalue weighted by atomic mass is 10.1. The lowest BCUT2D eigenvalue weighted by Crippen LogP contribution is -2.50. The van der Waals surface area contributed by atoms with Gasteiger partial charge in [-0.3, -0.25) is 9.78 Å². The smallest absolute Gasteiger partial charge is 0.255 e. The molecule has 1 saturated heterocycles. The summed E-state index contributed by atoms with van der Waals surface area (Å²) in [6.45, 7) is 2.64. The normalized spacial score (nSPS) is 18.0. The van der Waals surface area contributed by atoms with Crippen molar-refractivity contribution < 1.29 is 9.53 Å². The Balaban J connectivity index is 1.28. The zero-order valence-electron chi connectivity index (χ0n) is 12.8. The molecule has 2 aliphatic rings. The number of hydrogen-bond donors (Lipinski definition) is 0. The van der Waals surface area contributed by atoms with E-state index < -0.39 is 0 Å². The molecule has 7 heteroatoms. The Morgan fingerprint density at radius 3 is 2.96 bits per heavy atom. The third-order valence-corrected chi connectivity index (χ3v) is 4.29. The Kier molecular flexibility index (Phi) is 3.78. The highest BCUT2D eigenvalue weighted by Crippen LogP contribution is 2.29. The van der Waals surface area contributed by atoms with Gasteiger partial charge in [0.15, 0.2) is 0 Å². The van der Waals surface area contributed by atoms with Gasteiger partial charge in [0.1, 0.15) is 5.69 Å². The molecule has 0 N–H and O–H groups in total. The Morgan fingerprint density at radius 2 is 2.22 bits per heavy atom. The number of ether oxygens (including phenoxy) is 1. The summed E-state index contributed by atoms with van der Waals surface area (Å²) in [5.41, 5.74) is 1.47. The van der Waals surface area contributed by atoms with Crippen molar-refractivity contribution in [3.05, 3.63) is 42.0 Å². The summed E-state index contributed by atoms with van der Waals surface area (Å²) < 4.78 is 7.45. The average Bonchev–Trinajstić information content (AvgIpc) is 3.24. The van der Waals surface area contributed by atoms with Gasteiger partial charge in [0.05, 0.1) is 24.4 Å². The number of aromatic nitrogens is 4. The first-order valence-electron chi connectivity index (χ1n) is 7.97. The maximum atomic E-state index is 12.2. The van der Waals surface area contributed by atoms with Crippen LogP contribution in [-0.2, 0) is 11.3 Å². The van der Waals surface area contributed by atoms with Crippen molar-refractivity contribution in [2.24, 2.45) is 5.92 Å². The van der Waals surface area contributed by atoms with Crippen LogP contribution in [0.25, 0.3) is 0 Å². The fourth-order valence-corrected chi connectivity index (χ4v) is 2.63. The molecule has 2 aromatic rings. The van der Waals surface area contributed by atoms with Gasteiger partial charge in [-0.15, -0.1) is 5.10 Å². The van der Waals surface area contributed by atoms with Gasteiger partial charge in [-0.2, -0.15) is 0 Å². The number of carbonyl (C=O) groups excluding carboxylic acids is 1. The van der Waals surface area contributed by atoms with Gasteiger partial charge in [-0.05, 0) is 30.9 Å². The minimum absolute atomic E-state index is 0.0162. The highest BCUT2D eigenvalue weighted by molar-refractivity contribution is 5.94. The lowest BCUT2D eigenvalue weighted by molar-refractivity contribution is 0.0497. The van der Waals surface area contributed by atoms with E-state index in [1.54, 1.807) is 29.4 Å². The molecule has 0 spiro atoms. The van der Waals surface area contributed by atoms with Crippen molar-refractivity contribution in [3.63, 3.8) is 0 Å². The van der Waals surface area contributed by atoms with Gasteiger partial charge in [0.2, 0.25) is 0 Å². The average molecular weight is 313 g/mol. The van der Waals surface area contributed by atoms with Crippen molar-refractivity contribution in [1.82, 2.24) is 24.9 Å². The maximum absolute atomic E-state index is 12.2. The molecule has 120 valence electrons. The van der Waals surface area contributed by atoms with Crippen molar-refractivity contribution in [1.29, 1.82) is 0 Å². The quantitative estimate of drug-likeness (QED) is 0.803. The minimum Gasteiger partial charge on any atom is -0.375 e. The van der Waals surface area contributed by atoms with E-state index in [2.05, 4.69) is 15.3 Å². The predicted molar refractivity (Wildman–Crippen MR) is 81.6 cm³/mol. The SMILES string of the molecule is O=C(c1cccnc1)N1CC(n2cc(COCC3CC3)nn2)C1. The fraction of sp³-hybridized carbons (Fsp3) is 0.500. The van der Waals surface area contributed by atoms with Crippen molar-refractivity contribution in [2.45, 2.75) is 25.5 Å². The summed E-state index contributed by atoms with van der Waals surface area (Å²) in [5.74, 6) is 0.770. The van der Waals surface area contributed by atoms with E-state index in [0.717, 1.165) is 18.2 Å². The Hall–Kier alpha value is -2.28. The molecule has 1 amide bonds. The summed E-state index contributed by atoms with van der Waals surface area (Å²) >= 11 is 0. The van der Waals surface area contributed by atoms with Crippen LogP contribution in [0.15, 0.2) is 30.7 Å². The molecule has 1 aliphatic heterocycles. The third-order valence-electron chi connectivity index (χ3n) is 4.29. The first-order valence-corrected chi connectivity index (χ1v) is 7.97. The highest BCUT2D eigenvalue weighted by Gasteiger charge is 2.33. The number of carbonyl (C=O) groups is 1.